The van der Waals surface area contributed by atoms with Crippen molar-refractivity contribution in [2.24, 2.45) is 0 Å². The van der Waals surface area contributed by atoms with Crippen molar-refractivity contribution in [1.29, 1.82) is 0 Å². The number of benzene rings is 2. The molecule has 31 heavy (non-hydrogen) atoms. The molecule has 0 saturated heterocycles. The normalized spacial score (nSPS) is 10.6. The predicted molar refractivity (Wildman–Crippen MR) is 130 cm³/mol. The lowest BCUT2D eigenvalue weighted by molar-refractivity contribution is 0.102. The van der Waals surface area contributed by atoms with Gasteiger partial charge in [-0.05, 0) is 73.2 Å². The van der Waals surface area contributed by atoms with Gasteiger partial charge in [0.05, 0.1) is 9.75 Å². The SMILES string of the molecule is CCCCc1ccc(NC(=O)c2ccc(C(=O)Nc3ccc(CCCC)cc3)s2)cc1. The summed E-state index contributed by atoms with van der Waals surface area (Å²) in [5.74, 6) is -0.406. The monoisotopic (exact) mass is 434 g/mol. The molecule has 2 N–H and O–H groups in total. The highest BCUT2D eigenvalue weighted by atomic mass is 32.1. The zero-order chi connectivity index (χ0) is 22.1. The number of aryl methyl sites for hydroxylation is 2. The first-order chi connectivity index (χ1) is 15.1. The minimum atomic E-state index is -0.203. The average Bonchev–Trinajstić information content (AvgIpc) is 3.29. The molecule has 2 aromatic carbocycles. The number of hydrogen-bond acceptors (Lipinski definition) is 3. The molecule has 0 fully saturated rings. The molecule has 1 aromatic heterocycles. The van der Waals surface area contributed by atoms with Crippen LogP contribution in [0.1, 0.15) is 70.0 Å². The quantitative estimate of drug-likeness (QED) is 0.363. The van der Waals surface area contributed by atoms with E-state index >= 15 is 0 Å². The fourth-order valence-corrected chi connectivity index (χ4v) is 4.04. The largest absolute Gasteiger partial charge is 0.321 e. The first-order valence-corrected chi connectivity index (χ1v) is 11.8. The molecule has 162 valence electrons. The van der Waals surface area contributed by atoms with Gasteiger partial charge in [0.1, 0.15) is 0 Å². The first-order valence-electron chi connectivity index (χ1n) is 11.0. The molecule has 0 aliphatic carbocycles. The molecule has 2 amide bonds. The fourth-order valence-electron chi connectivity index (χ4n) is 3.24. The minimum absolute atomic E-state index is 0.203. The lowest BCUT2D eigenvalue weighted by Gasteiger charge is -2.06. The van der Waals surface area contributed by atoms with Gasteiger partial charge in [-0.15, -0.1) is 11.3 Å². The Morgan fingerprint density at radius 3 is 1.39 bits per heavy atom. The van der Waals surface area contributed by atoms with Crippen molar-refractivity contribution in [3.05, 3.63) is 81.5 Å². The Labute approximate surface area is 188 Å². The lowest BCUT2D eigenvalue weighted by atomic mass is 10.1. The van der Waals surface area contributed by atoms with E-state index in [1.807, 2.05) is 48.5 Å². The standard InChI is InChI=1S/C26H30N2O2S/c1-3-5-7-19-9-13-21(14-10-19)27-25(29)23-17-18-24(31-23)26(30)28-22-15-11-20(12-16-22)8-6-4-2/h9-18H,3-8H2,1-2H3,(H,27,29)(H,28,30). The van der Waals surface area contributed by atoms with Gasteiger partial charge in [0.25, 0.3) is 11.8 Å². The summed E-state index contributed by atoms with van der Waals surface area (Å²) < 4.78 is 0. The van der Waals surface area contributed by atoms with Gasteiger partial charge in [-0.25, -0.2) is 0 Å². The van der Waals surface area contributed by atoms with E-state index in [-0.39, 0.29) is 11.8 Å². The van der Waals surface area contributed by atoms with Gasteiger partial charge < -0.3 is 10.6 Å². The van der Waals surface area contributed by atoms with Crippen molar-refractivity contribution in [2.75, 3.05) is 10.6 Å². The van der Waals surface area contributed by atoms with Gasteiger partial charge in [0.2, 0.25) is 0 Å². The number of unbranched alkanes of at least 4 members (excludes halogenated alkanes) is 2. The number of carbonyl (C=O) groups is 2. The van der Waals surface area contributed by atoms with Gasteiger partial charge in [-0.3, -0.25) is 9.59 Å². The molecule has 0 radical (unpaired) electrons. The first kappa shape index (κ1) is 22.8. The zero-order valence-electron chi connectivity index (χ0n) is 18.2. The lowest BCUT2D eigenvalue weighted by Crippen LogP contribution is -2.11. The molecular formula is C26H30N2O2S. The van der Waals surface area contributed by atoms with Crippen LogP contribution in [0.2, 0.25) is 0 Å². The molecule has 3 aromatic rings. The summed E-state index contributed by atoms with van der Waals surface area (Å²) in [6.45, 7) is 4.35. The van der Waals surface area contributed by atoms with E-state index in [1.54, 1.807) is 12.1 Å². The topological polar surface area (TPSA) is 58.2 Å². The van der Waals surface area contributed by atoms with E-state index in [0.717, 1.165) is 49.9 Å². The van der Waals surface area contributed by atoms with Crippen LogP contribution in [-0.4, -0.2) is 11.8 Å². The number of nitrogens with one attached hydrogen (secondary N) is 2. The van der Waals surface area contributed by atoms with Crippen LogP contribution in [0.4, 0.5) is 11.4 Å². The third kappa shape index (κ3) is 6.79. The van der Waals surface area contributed by atoms with Crippen LogP contribution in [0.25, 0.3) is 0 Å². The smallest absolute Gasteiger partial charge is 0.265 e. The molecule has 4 nitrogen and oxygen atoms in total. The second kappa shape index (κ2) is 11.5. The van der Waals surface area contributed by atoms with Crippen LogP contribution in [0.5, 0.6) is 0 Å². The number of anilines is 2. The molecular weight excluding hydrogens is 404 g/mol. The molecule has 0 aliphatic rings. The fraction of sp³-hybridized carbons (Fsp3) is 0.308. The van der Waals surface area contributed by atoms with Crippen LogP contribution >= 0.6 is 11.3 Å². The van der Waals surface area contributed by atoms with Gasteiger partial charge in [-0.1, -0.05) is 51.0 Å². The van der Waals surface area contributed by atoms with E-state index < -0.39 is 0 Å². The van der Waals surface area contributed by atoms with Gasteiger partial charge in [-0.2, -0.15) is 0 Å². The molecule has 3 rings (SSSR count). The number of amides is 2. The summed E-state index contributed by atoms with van der Waals surface area (Å²) in [5, 5.41) is 5.81. The van der Waals surface area contributed by atoms with Gasteiger partial charge in [0.15, 0.2) is 0 Å². The Morgan fingerprint density at radius 1 is 0.645 bits per heavy atom. The minimum Gasteiger partial charge on any atom is -0.321 e. The van der Waals surface area contributed by atoms with Gasteiger partial charge >= 0.3 is 0 Å². The van der Waals surface area contributed by atoms with Crippen LogP contribution in [0.3, 0.4) is 0 Å². The summed E-state index contributed by atoms with van der Waals surface area (Å²) in [4.78, 5) is 26.1. The van der Waals surface area contributed by atoms with E-state index in [2.05, 4.69) is 24.5 Å². The molecule has 0 saturated carbocycles. The highest BCUT2D eigenvalue weighted by molar-refractivity contribution is 7.16. The summed E-state index contributed by atoms with van der Waals surface area (Å²) in [6.07, 6.45) is 6.75. The molecule has 5 heteroatoms. The molecule has 0 aliphatic heterocycles. The van der Waals surface area contributed by atoms with Crippen LogP contribution < -0.4 is 10.6 Å². The molecule has 0 spiro atoms. The summed E-state index contributed by atoms with van der Waals surface area (Å²) >= 11 is 1.19. The molecule has 0 bridgehead atoms. The maximum Gasteiger partial charge on any atom is 0.265 e. The number of thiophene rings is 1. The Morgan fingerprint density at radius 2 is 1.03 bits per heavy atom. The Hall–Kier alpha value is -2.92. The third-order valence-electron chi connectivity index (χ3n) is 5.12. The summed E-state index contributed by atoms with van der Waals surface area (Å²) in [7, 11) is 0. The Balaban J connectivity index is 1.56. The van der Waals surface area contributed by atoms with E-state index in [1.165, 1.54) is 22.5 Å². The molecule has 0 unspecified atom stereocenters. The van der Waals surface area contributed by atoms with E-state index in [4.69, 9.17) is 0 Å². The predicted octanol–water partition coefficient (Wildman–Crippen LogP) is 6.94. The van der Waals surface area contributed by atoms with Crippen LogP contribution in [0.15, 0.2) is 60.7 Å². The van der Waals surface area contributed by atoms with E-state index in [0.29, 0.717) is 9.75 Å². The maximum absolute atomic E-state index is 12.6. The van der Waals surface area contributed by atoms with Crippen LogP contribution in [-0.2, 0) is 12.8 Å². The second-order valence-corrected chi connectivity index (χ2v) is 8.76. The maximum atomic E-state index is 12.6. The Bertz CT molecular complexity index is 911. The Kier molecular flexibility index (Phi) is 8.42. The molecule has 1 heterocycles. The van der Waals surface area contributed by atoms with Crippen molar-refractivity contribution < 1.29 is 9.59 Å². The highest BCUT2D eigenvalue weighted by Crippen LogP contribution is 2.21. The van der Waals surface area contributed by atoms with Crippen molar-refractivity contribution in [3.8, 4) is 0 Å². The van der Waals surface area contributed by atoms with Crippen molar-refractivity contribution >= 4 is 34.5 Å². The van der Waals surface area contributed by atoms with Gasteiger partial charge in [0, 0.05) is 11.4 Å². The van der Waals surface area contributed by atoms with E-state index in [9.17, 15) is 9.59 Å². The molecule has 0 atom stereocenters. The average molecular weight is 435 g/mol. The van der Waals surface area contributed by atoms with Crippen molar-refractivity contribution in [2.45, 2.75) is 52.4 Å². The highest BCUT2D eigenvalue weighted by Gasteiger charge is 2.14. The summed E-state index contributed by atoms with van der Waals surface area (Å²) in [5.41, 5.74) is 4.06. The number of carbonyl (C=O) groups excluding carboxylic acids is 2. The third-order valence-corrected chi connectivity index (χ3v) is 6.20. The van der Waals surface area contributed by atoms with Crippen molar-refractivity contribution in [3.63, 3.8) is 0 Å². The summed E-state index contributed by atoms with van der Waals surface area (Å²) in [6, 6.07) is 19.3. The number of rotatable bonds is 10. The van der Waals surface area contributed by atoms with Crippen molar-refractivity contribution in [1.82, 2.24) is 0 Å². The van der Waals surface area contributed by atoms with Crippen LogP contribution in [0, 0.1) is 0 Å². The second-order valence-electron chi connectivity index (χ2n) is 7.67. The zero-order valence-corrected chi connectivity index (χ0v) is 19.1. The number of hydrogen-bond donors (Lipinski definition) is 2.